The van der Waals surface area contributed by atoms with Crippen LogP contribution in [0.15, 0.2) is 6.33 Å². The summed E-state index contributed by atoms with van der Waals surface area (Å²) >= 11 is 0. The maximum absolute atomic E-state index is 11.5. The summed E-state index contributed by atoms with van der Waals surface area (Å²) < 4.78 is 6.12. The molecule has 2 amide bonds. The molecule has 1 unspecified atom stereocenters. The first kappa shape index (κ1) is 13.9. The molecule has 1 rings (SSSR count). The van der Waals surface area contributed by atoms with Gasteiger partial charge in [0.15, 0.2) is 0 Å². The van der Waals surface area contributed by atoms with Crippen LogP contribution in [0.1, 0.15) is 6.42 Å². The van der Waals surface area contributed by atoms with E-state index in [0.29, 0.717) is 0 Å². The van der Waals surface area contributed by atoms with Crippen LogP contribution in [0.5, 0.6) is 0 Å². The van der Waals surface area contributed by atoms with E-state index in [-0.39, 0.29) is 19.0 Å². The normalized spacial score (nSPS) is 11.9. The van der Waals surface area contributed by atoms with Crippen LogP contribution in [0.25, 0.3) is 0 Å². The molecule has 100 valence electrons. The molecule has 1 aromatic rings. The molecular weight excluding hydrogens is 242 g/mol. The summed E-state index contributed by atoms with van der Waals surface area (Å²) in [5, 5.41) is 17.4. The number of urea groups is 1. The van der Waals surface area contributed by atoms with Gasteiger partial charge in [-0.1, -0.05) is 0 Å². The van der Waals surface area contributed by atoms with E-state index in [1.54, 1.807) is 7.05 Å². The van der Waals surface area contributed by atoms with Crippen molar-refractivity contribution in [1.29, 1.82) is 0 Å². The SMILES string of the molecule is COCCC(NC(=O)Nc1ncnn1C)C(=O)O. The number of hydrogen-bond acceptors (Lipinski definition) is 5. The second-order valence-corrected chi connectivity index (χ2v) is 3.48. The smallest absolute Gasteiger partial charge is 0.326 e. The standard InChI is InChI=1S/C9H15N5O4/c1-14-8(10-5-11-14)13-9(17)12-6(7(15)16)3-4-18-2/h5-6H,3-4H2,1-2H3,(H,15,16)(H2,10,11,12,13,17). The lowest BCUT2D eigenvalue weighted by atomic mass is 10.2. The van der Waals surface area contributed by atoms with Crippen LogP contribution in [0.3, 0.4) is 0 Å². The Labute approximate surface area is 103 Å². The molecule has 0 bridgehead atoms. The van der Waals surface area contributed by atoms with Gasteiger partial charge < -0.3 is 15.2 Å². The fourth-order valence-corrected chi connectivity index (χ4v) is 1.20. The van der Waals surface area contributed by atoms with Crippen molar-refractivity contribution in [2.75, 3.05) is 19.0 Å². The van der Waals surface area contributed by atoms with Crippen LogP contribution in [0, 0.1) is 0 Å². The summed E-state index contributed by atoms with van der Waals surface area (Å²) in [6, 6.07) is -1.67. The molecule has 3 N–H and O–H groups in total. The maximum atomic E-state index is 11.5. The van der Waals surface area contributed by atoms with Gasteiger partial charge in [-0.2, -0.15) is 10.1 Å². The van der Waals surface area contributed by atoms with Crippen molar-refractivity contribution in [2.45, 2.75) is 12.5 Å². The zero-order valence-electron chi connectivity index (χ0n) is 10.1. The molecule has 1 atom stereocenters. The van der Waals surface area contributed by atoms with Crippen LogP contribution >= 0.6 is 0 Å². The van der Waals surface area contributed by atoms with Gasteiger partial charge in [0.2, 0.25) is 5.95 Å². The van der Waals surface area contributed by atoms with Gasteiger partial charge in [0, 0.05) is 27.2 Å². The summed E-state index contributed by atoms with van der Waals surface area (Å²) in [4.78, 5) is 26.2. The molecule has 1 heterocycles. The summed E-state index contributed by atoms with van der Waals surface area (Å²) in [7, 11) is 3.06. The maximum Gasteiger partial charge on any atom is 0.326 e. The quantitative estimate of drug-likeness (QED) is 0.627. The van der Waals surface area contributed by atoms with Gasteiger partial charge in [-0.25, -0.2) is 14.3 Å². The van der Waals surface area contributed by atoms with E-state index in [0.717, 1.165) is 0 Å². The van der Waals surface area contributed by atoms with Gasteiger partial charge in [0.1, 0.15) is 12.4 Å². The second-order valence-electron chi connectivity index (χ2n) is 3.48. The first-order valence-electron chi connectivity index (χ1n) is 5.18. The lowest BCUT2D eigenvalue weighted by Gasteiger charge is -2.14. The zero-order valence-corrected chi connectivity index (χ0v) is 10.1. The Hall–Kier alpha value is -2.16. The molecule has 0 spiro atoms. The Kier molecular flexibility index (Phi) is 5.06. The molecule has 9 nitrogen and oxygen atoms in total. The Bertz CT molecular complexity index is 419. The van der Waals surface area contributed by atoms with E-state index in [1.807, 2.05) is 0 Å². The number of methoxy groups -OCH3 is 1. The molecule has 0 aliphatic carbocycles. The van der Waals surface area contributed by atoms with E-state index in [4.69, 9.17) is 9.84 Å². The number of anilines is 1. The minimum atomic E-state index is -1.12. The van der Waals surface area contributed by atoms with Gasteiger partial charge in [0.25, 0.3) is 0 Å². The Balaban J connectivity index is 2.51. The number of amides is 2. The highest BCUT2D eigenvalue weighted by Gasteiger charge is 2.20. The molecule has 0 saturated heterocycles. The molecule has 0 aromatic carbocycles. The predicted octanol–water partition coefficient (Wildman–Crippen LogP) is -0.574. The Morgan fingerprint density at radius 3 is 2.83 bits per heavy atom. The third-order valence-corrected chi connectivity index (χ3v) is 2.15. The number of carboxylic acids is 1. The van der Waals surface area contributed by atoms with Gasteiger partial charge >= 0.3 is 12.0 Å². The first-order chi connectivity index (χ1) is 8.54. The van der Waals surface area contributed by atoms with Crippen molar-refractivity contribution in [3.63, 3.8) is 0 Å². The average Bonchev–Trinajstić information content (AvgIpc) is 2.70. The number of aryl methyl sites for hydroxylation is 1. The lowest BCUT2D eigenvalue weighted by molar-refractivity contribution is -0.139. The number of carboxylic acid groups (broad SMARTS) is 1. The van der Waals surface area contributed by atoms with Crippen molar-refractivity contribution >= 4 is 17.9 Å². The van der Waals surface area contributed by atoms with Gasteiger partial charge in [-0.3, -0.25) is 5.32 Å². The number of carbonyl (C=O) groups is 2. The minimum Gasteiger partial charge on any atom is -0.480 e. The van der Waals surface area contributed by atoms with E-state index in [9.17, 15) is 9.59 Å². The van der Waals surface area contributed by atoms with E-state index >= 15 is 0 Å². The minimum absolute atomic E-state index is 0.179. The zero-order chi connectivity index (χ0) is 13.5. The van der Waals surface area contributed by atoms with Gasteiger partial charge in [0.05, 0.1) is 0 Å². The fourth-order valence-electron chi connectivity index (χ4n) is 1.20. The molecule has 0 fully saturated rings. The van der Waals surface area contributed by atoms with Gasteiger partial charge in [-0.05, 0) is 0 Å². The van der Waals surface area contributed by atoms with Crippen molar-refractivity contribution in [3.8, 4) is 0 Å². The van der Waals surface area contributed by atoms with E-state index in [1.165, 1.54) is 18.1 Å². The van der Waals surface area contributed by atoms with Crippen LogP contribution in [0.2, 0.25) is 0 Å². The highest BCUT2D eigenvalue weighted by Crippen LogP contribution is 1.99. The molecule has 0 aliphatic heterocycles. The van der Waals surface area contributed by atoms with Crippen LogP contribution in [0.4, 0.5) is 10.7 Å². The van der Waals surface area contributed by atoms with Gasteiger partial charge in [-0.15, -0.1) is 0 Å². The average molecular weight is 257 g/mol. The monoisotopic (exact) mass is 257 g/mol. The van der Waals surface area contributed by atoms with Crippen LogP contribution < -0.4 is 10.6 Å². The molecule has 1 aromatic heterocycles. The van der Waals surface area contributed by atoms with Crippen molar-refractivity contribution in [2.24, 2.45) is 7.05 Å². The number of nitrogens with zero attached hydrogens (tertiary/aromatic N) is 3. The topological polar surface area (TPSA) is 118 Å². The van der Waals surface area contributed by atoms with Crippen molar-refractivity contribution in [1.82, 2.24) is 20.1 Å². The highest BCUT2D eigenvalue weighted by molar-refractivity contribution is 5.90. The summed E-state index contributed by atoms with van der Waals surface area (Å²) in [5.41, 5.74) is 0. The van der Waals surface area contributed by atoms with Crippen molar-refractivity contribution < 1.29 is 19.4 Å². The summed E-state index contributed by atoms with van der Waals surface area (Å²) in [6.07, 6.45) is 1.45. The van der Waals surface area contributed by atoms with Crippen LogP contribution in [-0.4, -0.2) is 51.6 Å². The van der Waals surface area contributed by atoms with E-state index in [2.05, 4.69) is 20.7 Å². The highest BCUT2D eigenvalue weighted by atomic mass is 16.5. The molecule has 9 heteroatoms. The Morgan fingerprint density at radius 2 is 2.33 bits per heavy atom. The molecule has 18 heavy (non-hydrogen) atoms. The molecule has 0 radical (unpaired) electrons. The number of aromatic nitrogens is 3. The molecule has 0 aliphatic rings. The number of carbonyl (C=O) groups excluding carboxylic acids is 1. The van der Waals surface area contributed by atoms with Crippen molar-refractivity contribution in [3.05, 3.63) is 6.33 Å². The Morgan fingerprint density at radius 1 is 1.61 bits per heavy atom. The second kappa shape index (κ2) is 6.55. The predicted molar refractivity (Wildman–Crippen MR) is 61.1 cm³/mol. The third-order valence-electron chi connectivity index (χ3n) is 2.15. The van der Waals surface area contributed by atoms with Crippen LogP contribution in [-0.2, 0) is 16.6 Å². The molecular formula is C9H15N5O4. The molecule has 0 saturated carbocycles. The number of nitrogens with one attached hydrogen (secondary N) is 2. The fraction of sp³-hybridized carbons (Fsp3) is 0.556. The summed E-state index contributed by atoms with van der Waals surface area (Å²) in [5.74, 6) is -0.899. The third kappa shape index (κ3) is 4.01. The number of aliphatic carboxylic acids is 1. The largest absolute Gasteiger partial charge is 0.480 e. The van der Waals surface area contributed by atoms with E-state index < -0.39 is 18.0 Å². The number of rotatable bonds is 6. The summed E-state index contributed by atoms with van der Waals surface area (Å²) in [6.45, 7) is 0.237. The number of hydrogen-bond donors (Lipinski definition) is 3. The number of ether oxygens (including phenoxy) is 1. The first-order valence-corrected chi connectivity index (χ1v) is 5.18. The lowest BCUT2D eigenvalue weighted by Crippen LogP contribution is -2.43.